The summed E-state index contributed by atoms with van der Waals surface area (Å²) < 4.78 is 40.4. The smallest absolute Gasteiger partial charge is 0.329 e. The highest BCUT2D eigenvalue weighted by molar-refractivity contribution is 7.15. The van der Waals surface area contributed by atoms with Gasteiger partial charge in [-0.15, -0.1) is 0 Å². The third-order valence-corrected chi connectivity index (χ3v) is 5.46. The van der Waals surface area contributed by atoms with Gasteiger partial charge in [0.05, 0.1) is 33.2 Å². The van der Waals surface area contributed by atoms with E-state index in [0.717, 1.165) is 24.2 Å². The van der Waals surface area contributed by atoms with Crippen LogP contribution < -0.4 is 5.32 Å². The molecule has 1 heterocycles. The number of anilines is 2. The first kappa shape index (κ1) is 23.0. The highest BCUT2D eigenvalue weighted by Crippen LogP contribution is 2.40. The van der Waals surface area contributed by atoms with Crippen molar-refractivity contribution in [2.75, 3.05) is 18.4 Å². The number of thiazole rings is 1. The maximum atomic E-state index is 13.5. The van der Waals surface area contributed by atoms with E-state index in [4.69, 9.17) is 40.1 Å². The maximum absolute atomic E-state index is 13.5. The topological polar surface area (TPSA) is 52.0 Å². The Balaban J connectivity index is 2.35. The SMILES string of the molecule is CCCCN(CC#N)Cc1sc(Nc2c(Cl)cc(Cl)cc2Cl)nc1C(F)(F)F. The van der Waals surface area contributed by atoms with Crippen molar-refractivity contribution >= 4 is 57.0 Å². The molecule has 28 heavy (non-hydrogen) atoms. The second-order valence-corrected chi connectivity index (χ2v) is 8.21. The Morgan fingerprint density at radius 2 is 1.89 bits per heavy atom. The number of alkyl halides is 3. The van der Waals surface area contributed by atoms with E-state index >= 15 is 0 Å². The molecule has 0 aliphatic carbocycles. The second-order valence-electron chi connectivity index (χ2n) is 5.88. The monoisotopic (exact) mass is 470 g/mol. The zero-order valence-electron chi connectivity index (χ0n) is 14.7. The van der Waals surface area contributed by atoms with Crippen LogP contribution in [0.1, 0.15) is 30.3 Å². The Hall–Kier alpha value is -1.24. The molecule has 0 aliphatic heterocycles. The van der Waals surface area contributed by atoms with Crippen molar-refractivity contribution in [1.82, 2.24) is 9.88 Å². The first-order valence-corrected chi connectivity index (χ1v) is 10.2. The molecule has 1 N–H and O–H groups in total. The number of nitrogens with one attached hydrogen (secondary N) is 1. The first-order valence-electron chi connectivity index (χ1n) is 8.23. The van der Waals surface area contributed by atoms with Crippen LogP contribution in [0.3, 0.4) is 0 Å². The van der Waals surface area contributed by atoms with Crippen LogP contribution in [0.15, 0.2) is 12.1 Å². The molecule has 2 rings (SSSR count). The third kappa shape index (κ3) is 6.13. The molecule has 0 radical (unpaired) electrons. The third-order valence-electron chi connectivity index (χ3n) is 3.69. The van der Waals surface area contributed by atoms with E-state index in [1.165, 1.54) is 12.1 Å². The number of nitrogens with zero attached hydrogens (tertiary/aromatic N) is 3. The number of rotatable bonds is 8. The molecule has 0 spiro atoms. The lowest BCUT2D eigenvalue weighted by atomic mass is 10.3. The van der Waals surface area contributed by atoms with Crippen molar-refractivity contribution in [3.8, 4) is 6.07 Å². The molecule has 152 valence electrons. The van der Waals surface area contributed by atoms with Gasteiger partial charge in [-0.3, -0.25) is 4.90 Å². The van der Waals surface area contributed by atoms with E-state index in [0.29, 0.717) is 11.6 Å². The fourth-order valence-corrected chi connectivity index (χ4v) is 4.34. The quantitative estimate of drug-likeness (QED) is 0.421. The molecule has 0 saturated heterocycles. The van der Waals surface area contributed by atoms with Crippen LogP contribution in [0, 0.1) is 11.3 Å². The molecule has 4 nitrogen and oxygen atoms in total. The molecule has 1 aromatic heterocycles. The molecule has 0 fully saturated rings. The van der Waals surface area contributed by atoms with E-state index in [1.807, 2.05) is 13.0 Å². The summed E-state index contributed by atoms with van der Waals surface area (Å²) in [4.78, 5) is 5.38. The Morgan fingerprint density at radius 1 is 1.25 bits per heavy atom. The van der Waals surface area contributed by atoms with Gasteiger partial charge in [-0.25, -0.2) is 4.98 Å². The molecular weight excluding hydrogens is 456 g/mol. The average Bonchev–Trinajstić information content (AvgIpc) is 2.99. The molecule has 0 saturated carbocycles. The van der Waals surface area contributed by atoms with Gasteiger partial charge in [-0.1, -0.05) is 59.5 Å². The van der Waals surface area contributed by atoms with Crippen LogP contribution in [0.25, 0.3) is 0 Å². The van der Waals surface area contributed by atoms with Crippen molar-refractivity contribution < 1.29 is 13.2 Å². The lowest BCUT2D eigenvalue weighted by Crippen LogP contribution is -2.25. The fourth-order valence-electron chi connectivity index (χ4n) is 2.40. The number of halogens is 6. The standard InChI is InChI=1S/C17H16Cl3F3N4S/c1-2-3-5-27(6-4-24)9-13-15(17(21,22)23)26-16(28-13)25-14-11(19)7-10(18)8-12(14)20/h7-8H,2-3,5-6,9H2,1H3,(H,25,26). The highest BCUT2D eigenvalue weighted by Gasteiger charge is 2.38. The average molecular weight is 472 g/mol. The predicted molar refractivity (Wildman–Crippen MR) is 108 cm³/mol. The zero-order chi connectivity index (χ0) is 20.9. The Labute approximate surface area is 179 Å². The fraction of sp³-hybridized carbons (Fsp3) is 0.412. The van der Waals surface area contributed by atoms with Crippen LogP contribution >= 0.6 is 46.1 Å². The lowest BCUT2D eigenvalue weighted by molar-refractivity contribution is -0.141. The predicted octanol–water partition coefficient (Wildman–Crippen LogP) is 6.99. The summed E-state index contributed by atoms with van der Waals surface area (Å²) in [6, 6.07) is 4.84. The molecular formula is C17H16Cl3F3N4S. The number of aromatic nitrogens is 1. The van der Waals surface area contributed by atoms with E-state index in [2.05, 4.69) is 10.3 Å². The van der Waals surface area contributed by atoms with Gasteiger partial charge in [-0.05, 0) is 25.1 Å². The number of benzene rings is 1. The number of nitriles is 1. The number of hydrogen-bond donors (Lipinski definition) is 1. The van der Waals surface area contributed by atoms with Crippen molar-refractivity contribution in [2.24, 2.45) is 0 Å². The highest BCUT2D eigenvalue weighted by atomic mass is 35.5. The maximum Gasteiger partial charge on any atom is 0.434 e. The van der Waals surface area contributed by atoms with Gasteiger partial charge in [-0.2, -0.15) is 18.4 Å². The summed E-state index contributed by atoms with van der Waals surface area (Å²) in [5.74, 6) is 0. The zero-order valence-corrected chi connectivity index (χ0v) is 17.8. The summed E-state index contributed by atoms with van der Waals surface area (Å²) in [5, 5.41) is 12.3. The van der Waals surface area contributed by atoms with Gasteiger partial charge in [0.2, 0.25) is 0 Å². The summed E-state index contributed by atoms with van der Waals surface area (Å²) in [6.45, 7) is 2.51. The summed E-state index contributed by atoms with van der Waals surface area (Å²) in [5.41, 5.74) is -0.762. The van der Waals surface area contributed by atoms with Gasteiger partial charge in [0.25, 0.3) is 0 Å². The summed E-state index contributed by atoms with van der Waals surface area (Å²) >= 11 is 18.9. The summed E-state index contributed by atoms with van der Waals surface area (Å²) in [6.07, 6.45) is -2.97. The van der Waals surface area contributed by atoms with Crippen LogP contribution in [-0.2, 0) is 12.7 Å². The molecule has 11 heteroatoms. The minimum Gasteiger partial charge on any atom is -0.329 e. The minimum absolute atomic E-state index is 0.000784. The van der Waals surface area contributed by atoms with Gasteiger partial charge < -0.3 is 5.32 Å². The van der Waals surface area contributed by atoms with E-state index < -0.39 is 11.9 Å². The summed E-state index contributed by atoms with van der Waals surface area (Å²) in [7, 11) is 0. The van der Waals surface area contributed by atoms with Gasteiger partial charge in [0.15, 0.2) is 10.8 Å². The Bertz CT molecular complexity index is 841. The van der Waals surface area contributed by atoms with Crippen LogP contribution in [0.4, 0.5) is 24.0 Å². The van der Waals surface area contributed by atoms with Crippen molar-refractivity contribution in [3.63, 3.8) is 0 Å². The molecule has 0 aliphatic rings. The molecule has 0 bridgehead atoms. The van der Waals surface area contributed by atoms with Crippen LogP contribution in [0.5, 0.6) is 0 Å². The largest absolute Gasteiger partial charge is 0.434 e. The van der Waals surface area contributed by atoms with Gasteiger partial charge in [0.1, 0.15) is 0 Å². The minimum atomic E-state index is -4.62. The van der Waals surface area contributed by atoms with Crippen molar-refractivity contribution in [3.05, 3.63) is 37.8 Å². The molecule has 2 aromatic rings. The molecule has 0 amide bonds. The molecule has 1 aromatic carbocycles. The normalized spacial score (nSPS) is 11.7. The Kier molecular flexibility index (Phi) is 8.22. The number of hydrogen-bond acceptors (Lipinski definition) is 5. The van der Waals surface area contributed by atoms with E-state index in [1.54, 1.807) is 4.90 Å². The van der Waals surface area contributed by atoms with Crippen LogP contribution in [-0.4, -0.2) is 23.0 Å². The van der Waals surface area contributed by atoms with Gasteiger partial charge >= 0.3 is 6.18 Å². The van der Waals surface area contributed by atoms with Crippen molar-refractivity contribution in [1.29, 1.82) is 5.26 Å². The number of unbranched alkanes of at least 4 members (excludes halogenated alkanes) is 1. The Morgan fingerprint density at radius 3 is 2.43 bits per heavy atom. The van der Waals surface area contributed by atoms with Crippen LogP contribution in [0.2, 0.25) is 15.1 Å². The second kappa shape index (κ2) is 9.99. The molecule has 0 atom stereocenters. The lowest BCUT2D eigenvalue weighted by Gasteiger charge is -2.18. The van der Waals surface area contributed by atoms with E-state index in [-0.39, 0.29) is 38.8 Å². The van der Waals surface area contributed by atoms with Gasteiger partial charge in [0, 0.05) is 11.6 Å². The first-order chi connectivity index (χ1) is 13.2. The molecule has 0 unspecified atom stereocenters. The van der Waals surface area contributed by atoms with Crippen molar-refractivity contribution in [2.45, 2.75) is 32.5 Å². The van der Waals surface area contributed by atoms with E-state index in [9.17, 15) is 13.2 Å².